The maximum absolute atomic E-state index is 13.5. The quantitative estimate of drug-likeness (QED) is 0.416. The van der Waals surface area contributed by atoms with Gasteiger partial charge in [0.05, 0.1) is 21.7 Å². The third-order valence-corrected chi connectivity index (χ3v) is 6.57. The predicted molar refractivity (Wildman–Crippen MR) is 118 cm³/mol. The third-order valence-electron chi connectivity index (χ3n) is 4.87. The molecule has 0 fully saturated rings. The first kappa shape index (κ1) is 18.7. The lowest BCUT2D eigenvalue weighted by atomic mass is 10.1. The number of anilines is 1. The van der Waals surface area contributed by atoms with Crippen LogP contribution in [0, 0.1) is 0 Å². The van der Waals surface area contributed by atoms with Gasteiger partial charge in [0.15, 0.2) is 11.6 Å². The number of amidine groups is 1. The Labute approximate surface area is 178 Å². The number of hydrogen-bond acceptors (Lipinski definition) is 8. The minimum atomic E-state index is -0.487. The van der Waals surface area contributed by atoms with Crippen molar-refractivity contribution >= 4 is 45.0 Å². The number of fused-ring (bicyclic) bond motifs is 2. The molecule has 0 radical (unpaired) electrons. The largest absolute Gasteiger partial charge is 0.506 e. The van der Waals surface area contributed by atoms with Gasteiger partial charge in [-0.15, -0.1) is 11.3 Å². The molecule has 0 spiro atoms. The van der Waals surface area contributed by atoms with Crippen LogP contribution in [0.4, 0.5) is 5.69 Å². The Kier molecular flexibility index (Phi) is 4.50. The zero-order chi connectivity index (χ0) is 20.8. The van der Waals surface area contributed by atoms with Crippen LogP contribution >= 0.6 is 23.3 Å². The first-order valence-corrected chi connectivity index (χ1v) is 10.6. The van der Waals surface area contributed by atoms with Crippen molar-refractivity contribution in [3.8, 4) is 11.5 Å². The SMILES string of the molecule is O=c1c(C2=NSc3cccc(O)c3N2O)c(O)c2sccc2n1Cc1ccccc1. The predicted octanol–water partition coefficient (Wildman–Crippen LogP) is 4.19. The van der Waals surface area contributed by atoms with Gasteiger partial charge in [-0.1, -0.05) is 36.4 Å². The Morgan fingerprint density at radius 2 is 1.80 bits per heavy atom. The molecule has 0 saturated heterocycles. The van der Waals surface area contributed by atoms with E-state index in [-0.39, 0.29) is 28.6 Å². The molecule has 0 aliphatic carbocycles. The van der Waals surface area contributed by atoms with Gasteiger partial charge in [-0.05, 0) is 29.1 Å². The Hall–Kier alpha value is -3.27. The molecule has 1 aliphatic heterocycles. The summed E-state index contributed by atoms with van der Waals surface area (Å²) < 4.78 is 6.33. The van der Waals surface area contributed by atoms with Crippen molar-refractivity contribution in [2.24, 2.45) is 4.40 Å². The zero-order valence-electron chi connectivity index (χ0n) is 15.4. The van der Waals surface area contributed by atoms with Gasteiger partial charge in [0, 0.05) is 11.9 Å². The first-order chi connectivity index (χ1) is 14.6. The minimum absolute atomic E-state index is 0.118. The van der Waals surface area contributed by atoms with Gasteiger partial charge in [0.2, 0.25) is 0 Å². The average Bonchev–Trinajstić information content (AvgIpc) is 3.24. The lowest BCUT2D eigenvalue weighted by Gasteiger charge is -2.26. The van der Waals surface area contributed by atoms with E-state index in [4.69, 9.17) is 0 Å². The van der Waals surface area contributed by atoms with E-state index in [1.807, 2.05) is 30.3 Å². The van der Waals surface area contributed by atoms with Gasteiger partial charge in [-0.25, -0.2) is 0 Å². The van der Waals surface area contributed by atoms with E-state index in [2.05, 4.69) is 4.40 Å². The lowest BCUT2D eigenvalue weighted by molar-refractivity contribution is 0.304. The number of benzene rings is 2. The maximum Gasteiger partial charge on any atom is 0.266 e. The highest BCUT2D eigenvalue weighted by molar-refractivity contribution is 7.98. The van der Waals surface area contributed by atoms with Crippen LogP contribution in [0.2, 0.25) is 0 Å². The smallest absolute Gasteiger partial charge is 0.266 e. The number of aromatic nitrogens is 1. The molecule has 0 bridgehead atoms. The van der Waals surface area contributed by atoms with Crippen molar-refractivity contribution < 1.29 is 15.4 Å². The lowest BCUT2D eigenvalue weighted by Crippen LogP contribution is -2.37. The molecule has 3 N–H and O–H groups in total. The number of phenolic OH excluding ortho intramolecular Hbond substituents is 1. The second kappa shape index (κ2) is 7.21. The average molecular weight is 438 g/mol. The van der Waals surface area contributed by atoms with Crippen molar-refractivity contribution in [1.82, 2.24) is 4.57 Å². The second-order valence-corrected chi connectivity index (χ2v) is 8.40. The second-order valence-electron chi connectivity index (χ2n) is 6.68. The number of rotatable bonds is 3. The number of nitrogens with zero attached hydrogens (tertiary/aromatic N) is 3. The molecule has 0 saturated carbocycles. The standard InChI is InChI=1S/C21H15N3O4S2/c25-14-7-4-8-15-17(14)24(28)20(22-30-15)16-18(26)19-13(9-10-29-19)23(21(16)27)11-12-5-2-1-3-6-12/h1-10,25-26,28H,11H2. The van der Waals surface area contributed by atoms with E-state index >= 15 is 0 Å². The molecule has 30 heavy (non-hydrogen) atoms. The monoisotopic (exact) mass is 437 g/mol. The molecule has 4 aromatic rings. The highest BCUT2D eigenvalue weighted by Gasteiger charge is 2.31. The molecule has 7 nitrogen and oxygen atoms in total. The summed E-state index contributed by atoms with van der Waals surface area (Å²) >= 11 is 2.31. The molecule has 0 unspecified atom stereocenters. The van der Waals surface area contributed by atoms with E-state index in [0.29, 0.717) is 26.7 Å². The van der Waals surface area contributed by atoms with E-state index < -0.39 is 5.56 Å². The summed E-state index contributed by atoms with van der Waals surface area (Å²) in [6.45, 7) is 0.299. The number of para-hydroxylation sites is 1. The molecule has 2 aromatic carbocycles. The van der Waals surface area contributed by atoms with Gasteiger partial charge >= 0.3 is 0 Å². The van der Waals surface area contributed by atoms with Crippen molar-refractivity contribution in [1.29, 1.82) is 0 Å². The van der Waals surface area contributed by atoms with Crippen LogP contribution in [-0.2, 0) is 6.54 Å². The number of phenols is 1. The van der Waals surface area contributed by atoms with Crippen LogP contribution in [0.15, 0.2) is 74.1 Å². The van der Waals surface area contributed by atoms with Crippen molar-refractivity contribution in [2.45, 2.75) is 11.4 Å². The Balaban J connectivity index is 1.72. The van der Waals surface area contributed by atoms with Crippen molar-refractivity contribution in [3.05, 3.63) is 81.5 Å². The third kappa shape index (κ3) is 2.86. The molecule has 0 atom stereocenters. The Morgan fingerprint density at radius 1 is 1.00 bits per heavy atom. The van der Waals surface area contributed by atoms with Crippen LogP contribution in [0.5, 0.6) is 11.5 Å². The molecular formula is C21H15N3O4S2. The van der Waals surface area contributed by atoms with Crippen molar-refractivity contribution in [2.75, 3.05) is 5.06 Å². The highest BCUT2D eigenvalue weighted by atomic mass is 32.2. The van der Waals surface area contributed by atoms with Gasteiger partial charge < -0.3 is 14.8 Å². The number of hydroxylamine groups is 1. The van der Waals surface area contributed by atoms with Crippen molar-refractivity contribution in [3.63, 3.8) is 0 Å². The molecule has 2 aromatic heterocycles. The summed E-state index contributed by atoms with van der Waals surface area (Å²) in [6, 6.07) is 16.1. The normalized spacial score (nSPS) is 13.4. The molecule has 5 rings (SSSR count). The summed E-state index contributed by atoms with van der Waals surface area (Å²) in [5, 5.41) is 34.3. The number of pyridine rings is 1. The van der Waals surface area contributed by atoms with E-state index in [0.717, 1.165) is 17.5 Å². The first-order valence-electron chi connectivity index (χ1n) is 8.99. The highest BCUT2D eigenvalue weighted by Crippen LogP contribution is 2.43. The zero-order valence-corrected chi connectivity index (χ0v) is 17.0. The summed E-state index contributed by atoms with van der Waals surface area (Å²) in [7, 11) is 0. The molecular weight excluding hydrogens is 422 g/mol. The maximum atomic E-state index is 13.5. The van der Waals surface area contributed by atoms with Gasteiger partial charge in [-0.3, -0.25) is 10.0 Å². The van der Waals surface area contributed by atoms with Crippen LogP contribution in [-0.4, -0.2) is 25.8 Å². The summed E-state index contributed by atoms with van der Waals surface area (Å²) in [6.07, 6.45) is 0. The van der Waals surface area contributed by atoms with Crippen LogP contribution in [0.3, 0.4) is 0 Å². The Morgan fingerprint density at radius 3 is 2.60 bits per heavy atom. The van der Waals surface area contributed by atoms with E-state index in [1.54, 1.807) is 28.1 Å². The minimum Gasteiger partial charge on any atom is -0.506 e. The van der Waals surface area contributed by atoms with E-state index in [9.17, 15) is 20.2 Å². The fraction of sp³-hybridized carbons (Fsp3) is 0.0476. The number of hydrogen-bond donors (Lipinski definition) is 3. The Bertz CT molecular complexity index is 1360. The van der Waals surface area contributed by atoms with Gasteiger partial charge in [0.25, 0.3) is 5.56 Å². The van der Waals surface area contributed by atoms with Gasteiger partial charge in [0.1, 0.15) is 17.0 Å². The fourth-order valence-corrected chi connectivity index (χ4v) is 5.08. The number of thiophene rings is 1. The fourth-order valence-electron chi connectivity index (χ4n) is 3.46. The summed E-state index contributed by atoms with van der Waals surface area (Å²) in [5.41, 5.74) is 1.04. The molecule has 9 heteroatoms. The summed E-state index contributed by atoms with van der Waals surface area (Å²) in [4.78, 5) is 14.0. The van der Waals surface area contributed by atoms with E-state index in [1.165, 1.54) is 17.4 Å². The molecule has 0 amide bonds. The molecule has 1 aliphatic rings. The topological polar surface area (TPSA) is 98.3 Å². The van der Waals surface area contributed by atoms with Gasteiger partial charge in [-0.2, -0.15) is 9.46 Å². The van der Waals surface area contributed by atoms with Crippen LogP contribution in [0.1, 0.15) is 11.1 Å². The molecule has 150 valence electrons. The van der Waals surface area contributed by atoms with Crippen LogP contribution in [0.25, 0.3) is 10.2 Å². The summed E-state index contributed by atoms with van der Waals surface area (Å²) in [5.74, 6) is -0.531. The molecule has 3 heterocycles. The van der Waals surface area contributed by atoms with Crippen LogP contribution < -0.4 is 10.6 Å². The number of aromatic hydroxyl groups is 2.